The Morgan fingerprint density at radius 1 is 1.19 bits per heavy atom. The van der Waals surface area contributed by atoms with Crippen molar-refractivity contribution in [2.24, 2.45) is 0 Å². The summed E-state index contributed by atoms with van der Waals surface area (Å²) in [5.41, 5.74) is 2.32. The molecule has 3 aliphatic rings. The third kappa shape index (κ3) is 3.52. The zero-order valence-electron chi connectivity index (χ0n) is 16.2. The fourth-order valence-corrected chi connectivity index (χ4v) is 6.40. The molecule has 2 heterocycles. The van der Waals surface area contributed by atoms with Crippen LogP contribution in [0.1, 0.15) is 36.8 Å². The van der Waals surface area contributed by atoms with Crippen molar-refractivity contribution in [2.75, 3.05) is 40.3 Å². The largest absolute Gasteiger partial charge is 0.348 e. The summed E-state index contributed by atoms with van der Waals surface area (Å²) in [6.07, 6.45) is 3.38. The van der Waals surface area contributed by atoms with Crippen LogP contribution in [0.2, 0.25) is 0 Å². The predicted octanol–water partition coefficient (Wildman–Crippen LogP) is 1.42. The molecule has 4 rings (SSSR count). The lowest BCUT2D eigenvalue weighted by Crippen LogP contribution is -2.54. The smallest absolute Gasteiger partial charge is 0.236 e. The zero-order valence-corrected chi connectivity index (χ0v) is 17.0. The third-order valence-electron chi connectivity index (χ3n) is 6.39. The van der Waals surface area contributed by atoms with E-state index in [4.69, 9.17) is 0 Å². The Morgan fingerprint density at radius 2 is 1.85 bits per heavy atom. The summed E-state index contributed by atoms with van der Waals surface area (Å²) in [4.78, 5) is 15.9. The van der Waals surface area contributed by atoms with Gasteiger partial charge in [0.15, 0.2) is 0 Å². The summed E-state index contributed by atoms with van der Waals surface area (Å²) in [5.74, 6) is 0.118. The maximum atomic E-state index is 12.9. The summed E-state index contributed by atoms with van der Waals surface area (Å²) in [6, 6.07) is 8.32. The summed E-state index contributed by atoms with van der Waals surface area (Å²) < 4.78 is 27.6. The van der Waals surface area contributed by atoms with E-state index in [1.165, 1.54) is 5.56 Å². The highest BCUT2D eigenvalue weighted by atomic mass is 32.2. The molecule has 0 atom stereocenters. The number of amides is 1. The normalized spacial score (nSPS) is 23.2. The van der Waals surface area contributed by atoms with Gasteiger partial charge in [-0.05, 0) is 49.9 Å². The zero-order chi connectivity index (χ0) is 19.2. The predicted molar refractivity (Wildman–Crippen MR) is 105 cm³/mol. The molecule has 1 saturated heterocycles. The van der Waals surface area contributed by atoms with Gasteiger partial charge in [0.25, 0.3) is 0 Å². The number of fused-ring (bicyclic) bond motifs is 2. The van der Waals surface area contributed by atoms with E-state index in [1.54, 1.807) is 23.3 Å². The number of piperidine rings is 1. The number of rotatable bonds is 4. The standard InChI is InChI=1S/C20H29N3O3S/c1-21(2)19(24)14-22-11-9-20(10-12-22)15-23(27(25,26)17-7-8-17)13-16-5-3-4-6-18(16)20/h3-6,17H,7-15H2,1-2H3. The van der Waals surface area contributed by atoms with Gasteiger partial charge in [0.1, 0.15) is 0 Å². The first-order valence-electron chi connectivity index (χ1n) is 9.82. The molecule has 0 unspecified atom stereocenters. The number of carbonyl (C=O) groups is 1. The van der Waals surface area contributed by atoms with E-state index >= 15 is 0 Å². The SMILES string of the molecule is CN(C)C(=O)CN1CCC2(CC1)CN(S(=O)(=O)C1CC1)Cc1ccccc12. The first-order chi connectivity index (χ1) is 12.8. The van der Waals surface area contributed by atoms with Crippen molar-refractivity contribution < 1.29 is 13.2 Å². The van der Waals surface area contributed by atoms with Crippen molar-refractivity contribution >= 4 is 15.9 Å². The van der Waals surface area contributed by atoms with E-state index in [1.807, 2.05) is 6.07 Å². The Labute approximate surface area is 162 Å². The van der Waals surface area contributed by atoms with Gasteiger partial charge in [-0.1, -0.05) is 24.3 Å². The molecule has 0 radical (unpaired) electrons. The molecule has 1 amide bonds. The summed E-state index contributed by atoms with van der Waals surface area (Å²) >= 11 is 0. The van der Waals surface area contributed by atoms with Gasteiger partial charge < -0.3 is 4.90 Å². The van der Waals surface area contributed by atoms with Crippen molar-refractivity contribution in [3.05, 3.63) is 35.4 Å². The van der Waals surface area contributed by atoms with Crippen LogP contribution in [0.5, 0.6) is 0 Å². The molecular weight excluding hydrogens is 362 g/mol. The van der Waals surface area contributed by atoms with Gasteiger partial charge in [-0.15, -0.1) is 0 Å². The fraction of sp³-hybridized carbons (Fsp3) is 0.650. The molecule has 1 spiro atoms. The van der Waals surface area contributed by atoms with E-state index in [-0.39, 0.29) is 16.6 Å². The van der Waals surface area contributed by atoms with Crippen LogP contribution < -0.4 is 0 Å². The number of carbonyl (C=O) groups excluding carboxylic acids is 1. The lowest BCUT2D eigenvalue weighted by Gasteiger charge is -2.48. The van der Waals surface area contributed by atoms with Crippen LogP contribution in [0.4, 0.5) is 0 Å². The number of likely N-dealkylation sites (N-methyl/N-ethyl adjacent to an activating group) is 1. The second-order valence-corrected chi connectivity index (χ2v) is 10.7. The maximum Gasteiger partial charge on any atom is 0.236 e. The number of hydrogen-bond donors (Lipinski definition) is 0. The Bertz CT molecular complexity index is 825. The lowest BCUT2D eigenvalue weighted by atomic mass is 9.69. The molecule has 1 saturated carbocycles. The van der Waals surface area contributed by atoms with Gasteiger partial charge in [-0.25, -0.2) is 8.42 Å². The highest BCUT2D eigenvalue weighted by Gasteiger charge is 2.48. The highest BCUT2D eigenvalue weighted by Crippen LogP contribution is 2.44. The second-order valence-electron chi connectivity index (χ2n) is 8.51. The summed E-state index contributed by atoms with van der Waals surface area (Å²) in [7, 11) is 0.375. The Kier molecular flexibility index (Phi) is 4.81. The number of benzene rings is 1. The highest BCUT2D eigenvalue weighted by molar-refractivity contribution is 7.90. The summed E-state index contributed by atoms with van der Waals surface area (Å²) in [6.45, 7) is 3.17. The van der Waals surface area contributed by atoms with Gasteiger partial charge in [-0.2, -0.15) is 4.31 Å². The average Bonchev–Trinajstić information content (AvgIpc) is 3.49. The monoisotopic (exact) mass is 391 g/mol. The molecular formula is C20H29N3O3S. The lowest BCUT2D eigenvalue weighted by molar-refractivity contribution is -0.130. The minimum absolute atomic E-state index is 0.118. The van der Waals surface area contributed by atoms with E-state index < -0.39 is 10.0 Å². The quantitative estimate of drug-likeness (QED) is 0.779. The van der Waals surface area contributed by atoms with Gasteiger partial charge in [0.2, 0.25) is 15.9 Å². The van der Waals surface area contributed by atoms with Gasteiger partial charge >= 0.3 is 0 Å². The number of nitrogens with zero attached hydrogens (tertiary/aromatic N) is 3. The molecule has 0 bridgehead atoms. The van der Waals surface area contributed by atoms with E-state index in [9.17, 15) is 13.2 Å². The van der Waals surface area contributed by atoms with Crippen LogP contribution in [0.15, 0.2) is 24.3 Å². The Morgan fingerprint density at radius 3 is 2.48 bits per heavy atom. The van der Waals surface area contributed by atoms with E-state index in [0.29, 0.717) is 19.6 Å². The minimum Gasteiger partial charge on any atom is -0.348 e. The van der Waals surface area contributed by atoms with Crippen molar-refractivity contribution in [3.8, 4) is 0 Å². The fourth-order valence-electron chi connectivity index (χ4n) is 4.50. The molecule has 0 aromatic heterocycles. The molecule has 6 nitrogen and oxygen atoms in total. The third-order valence-corrected chi connectivity index (χ3v) is 8.68. The Hall–Kier alpha value is -1.44. The molecule has 7 heteroatoms. The number of likely N-dealkylation sites (tertiary alicyclic amines) is 1. The number of hydrogen-bond acceptors (Lipinski definition) is 4. The minimum atomic E-state index is -3.19. The van der Waals surface area contributed by atoms with Gasteiger partial charge in [-0.3, -0.25) is 9.69 Å². The van der Waals surface area contributed by atoms with Crippen molar-refractivity contribution in [3.63, 3.8) is 0 Å². The first kappa shape index (κ1) is 18.9. The van der Waals surface area contributed by atoms with Crippen molar-refractivity contribution in [1.29, 1.82) is 0 Å². The van der Waals surface area contributed by atoms with E-state index in [0.717, 1.165) is 44.3 Å². The van der Waals surface area contributed by atoms with Gasteiger partial charge in [0, 0.05) is 32.6 Å². The van der Waals surface area contributed by atoms with Crippen LogP contribution in [0, 0.1) is 0 Å². The molecule has 27 heavy (non-hydrogen) atoms. The number of sulfonamides is 1. The molecule has 2 fully saturated rings. The second kappa shape index (κ2) is 6.87. The van der Waals surface area contributed by atoms with Crippen LogP contribution in [-0.4, -0.2) is 74.0 Å². The van der Waals surface area contributed by atoms with Crippen LogP contribution in [-0.2, 0) is 26.8 Å². The van der Waals surface area contributed by atoms with Crippen LogP contribution in [0.3, 0.4) is 0 Å². The maximum absolute atomic E-state index is 12.9. The molecule has 148 valence electrons. The van der Waals surface area contributed by atoms with Crippen LogP contribution in [0.25, 0.3) is 0 Å². The van der Waals surface area contributed by atoms with E-state index in [2.05, 4.69) is 23.1 Å². The average molecular weight is 392 g/mol. The topological polar surface area (TPSA) is 60.9 Å². The molecule has 1 aromatic rings. The molecule has 2 aliphatic heterocycles. The summed E-state index contributed by atoms with van der Waals surface area (Å²) in [5, 5.41) is -0.169. The molecule has 1 aromatic carbocycles. The molecule has 1 aliphatic carbocycles. The first-order valence-corrected chi connectivity index (χ1v) is 11.3. The Balaban J connectivity index is 1.57. The van der Waals surface area contributed by atoms with Crippen molar-refractivity contribution in [2.45, 2.75) is 42.9 Å². The van der Waals surface area contributed by atoms with Crippen molar-refractivity contribution in [1.82, 2.24) is 14.1 Å². The molecule has 0 N–H and O–H groups in total. The van der Waals surface area contributed by atoms with Crippen LogP contribution >= 0.6 is 0 Å². The van der Waals surface area contributed by atoms with Gasteiger partial charge in [0.05, 0.1) is 11.8 Å².